The van der Waals surface area contributed by atoms with E-state index in [1.807, 2.05) is 5.38 Å². The number of likely N-dealkylation sites (N-methyl/N-ethyl adjacent to an activating group) is 1. The van der Waals surface area contributed by atoms with E-state index in [1.165, 1.54) is 6.42 Å². The van der Waals surface area contributed by atoms with Crippen LogP contribution in [0, 0.1) is 0 Å². The number of anilines is 1. The van der Waals surface area contributed by atoms with Gasteiger partial charge in [0, 0.05) is 24.5 Å². The summed E-state index contributed by atoms with van der Waals surface area (Å²) in [6, 6.07) is 0.533. The lowest BCUT2D eigenvalue weighted by Crippen LogP contribution is -2.39. The molecule has 0 saturated carbocycles. The van der Waals surface area contributed by atoms with Crippen molar-refractivity contribution in [3.8, 4) is 0 Å². The van der Waals surface area contributed by atoms with Gasteiger partial charge in [0.25, 0.3) is 0 Å². The van der Waals surface area contributed by atoms with Crippen LogP contribution >= 0.6 is 11.3 Å². The van der Waals surface area contributed by atoms with Crippen molar-refractivity contribution >= 4 is 16.5 Å². The molecule has 0 radical (unpaired) electrons. The van der Waals surface area contributed by atoms with Gasteiger partial charge in [-0.05, 0) is 33.4 Å². The first kappa shape index (κ1) is 13.8. The maximum atomic E-state index is 9.57. The minimum Gasteiger partial charge on any atom is -0.387 e. The second-order valence-corrected chi connectivity index (χ2v) is 5.94. The molecule has 1 aromatic heterocycles. The molecule has 5 heteroatoms. The third-order valence-electron chi connectivity index (χ3n) is 3.56. The molecule has 102 valence electrons. The van der Waals surface area contributed by atoms with Crippen LogP contribution in [0.3, 0.4) is 0 Å². The van der Waals surface area contributed by atoms with Crippen molar-refractivity contribution in [2.45, 2.75) is 38.8 Å². The van der Waals surface area contributed by atoms with E-state index in [1.54, 1.807) is 18.3 Å². The van der Waals surface area contributed by atoms with Gasteiger partial charge in [0.05, 0.1) is 11.8 Å². The van der Waals surface area contributed by atoms with Crippen LogP contribution in [0.4, 0.5) is 5.13 Å². The monoisotopic (exact) mass is 269 g/mol. The first-order chi connectivity index (χ1) is 8.61. The number of aromatic nitrogens is 1. The number of aliphatic hydroxyl groups is 1. The average molecular weight is 269 g/mol. The largest absolute Gasteiger partial charge is 0.387 e. The van der Waals surface area contributed by atoms with Crippen LogP contribution in [0.5, 0.6) is 0 Å². The maximum Gasteiger partial charge on any atom is 0.185 e. The van der Waals surface area contributed by atoms with Crippen LogP contribution in [0.1, 0.15) is 38.5 Å². The molecule has 1 aromatic rings. The van der Waals surface area contributed by atoms with Gasteiger partial charge in [0.15, 0.2) is 5.13 Å². The highest BCUT2D eigenvalue weighted by atomic mass is 32.1. The molecule has 0 aliphatic carbocycles. The van der Waals surface area contributed by atoms with Gasteiger partial charge in [-0.1, -0.05) is 6.92 Å². The third kappa shape index (κ3) is 3.02. The number of thiazole rings is 1. The predicted octanol–water partition coefficient (Wildman–Crippen LogP) is 2.12. The first-order valence-electron chi connectivity index (χ1n) is 6.70. The molecule has 2 atom stereocenters. The number of hydrogen-bond acceptors (Lipinski definition) is 5. The minimum absolute atomic E-state index is 0.468. The smallest absolute Gasteiger partial charge is 0.185 e. The molecule has 0 bridgehead atoms. The Bertz CT molecular complexity index is 380. The van der Waals surface area contributed by atoms with Gasteiger partial charge in [0.1, 0.15) is 0 Å². The Labute approximate surface area is 113 Å². The average Bonchev–Trinajstić information content (AvgIpc) is 2.74. The Morgan fingerprint density at radius 2 is 2.33 bits per heavy atom. The van der Waals surface area contributed by atoms with Crippen molar-refractivity contribution in [3.63, 3.8) is 0 Å². The van der Waals surface area contributed by atoms with E-state index in [4.69, 9.17) is 0 Å². The lowest BCUT2D eigenvalue weighted by atomic mass is 10.2. The van der Waals surface area contributed by atoms with Crippen molar-refractivity contribution in [1.82, 2.24) is 9.88 Å². The Hall–Kier alpha value is -0.650. The normalized spacial score (nSPS) is 24.0. The van der Waals surface area contributed by atoms with Gasteiger partial charge in [-0.25, -0.2) is 4.98 Å². The summed E-state index contributed by atoms with van der Waals surface area (Å²) in [6.45, 7) is 7.32. The van der Waals surface area contributed by atoms with Gasteiger partial charge >= 0.3 is 0 Å². The molecule has 1 N–H and O–H groups in total. The first-order valence-corrected chi connectivity index (χ1v) is 7.58. The van der Waals surface area contributed by atoms with E-state index in [2.05, 4.69) is 28.8 Å². The summed E-state index contributed by atoms with van der Waals surface area (Å²) in [5.74, 6) is 0. The Balaban J connectivity index is 2.17. The lowest BCUT2D eigenvalue weighted by Gasteiger charge is -2.29. The van der Waals surface area contributed by atoms with E-state index in [0.29, 0.717) is 6.04 Å². The molecule has 1 saturated heterocycles. The van der Waals surface area contributed by atoms with Gasteiger partial charge in [-0.3, -0.25) is 0 Å². The van der Waals surface area contributed by atoms with Gasteiger partial charge in [-0.15, -0.1) is 11.3 Å². The minimum atomic E-state index is -0.468. The molecule has 1 aliphatic heterocycles. The summed E-state index contributed by atoms with van der Waals surface area (Å²) in [6.07, 6.45) is 1.84. The Kier molecular flexibility index (Phi) is 4.59. The van der Waals surface area contributed by atoms with Crippen molar-refractivity contribution in [2.75, 3.05) is 31.6 Å². The van der Waals surface area contributed by atoms with Crippen LogP contribution in [-0.4, -0.2) is 47.7 Å². The summed E-state index contributed by atoms with van der Waals surface area (Å²) in [4.78, 5) is 9.39. The summed E-state index contributed by atoms with van der Waals surface area (Å²) < 4.78 is 0. The Morgan fingerprint density at radius 1 is 1.56 bits per heavy atom. The standard InChI is InChI=1S/C13H23N3OS/c1-4-11-8-15(3)6-5-7-16(11)13-14-12(9-18-13)10(2)17/h9-11,17H,4-8H2,1-3H3. The second kappa shape index (κ2) is 5.99. The molecule has 2 rings (SSSR count). The zero-order valence-electron chi connectivity index (χ0n) is 11.5. The summed E-state index contributed by atoms with van der Waals surface area (Å²) in [5, 5.41) is 12.6. The lowest BCUT2D eigenvalue weighted by molar-refractivity contribution is 0.195. The summed E-state index contributed by atoms with van der Waals surface area (Å²) in [7, 11) is 2.19. The van der Waals surface area contributed by atoms with Gasteiger partial charge in [0.2, 0.25) is 0 Å². The zero-order chi connectivity index (χ0) is 13.1. The van der Waals surface area contributed by atoms with Crippen molar-refractivity contribution in [2.24, 2.45) is 0 Å². The van der Waals surface area contributed by atoms with E-state index in [-0.39, 0.29) is 0 Å². The van der Waals surface area contributed by atoms with Crippen LogP contribution in [0.2, 0.25) is 0 Å². The van der Waals surface area contributed by atoms with Gasteiger partial charge < -0.3 is 14.9 Å². The molecule has 1 aliphatic rings. The fourth-order valence-electron chi connectivity index (χ4n) is 2.44. The number of nitrogens with zero attached hydrogens (tertiary/aromatic N) is 3. The maximum absolute atomic E-state index is 9.57. The quantitative estimate of drug-likeness (QED) is 0.912. The van der Waals surface area contributed by atoms with Crippen LogP contribution in [0.15, 0.2) is 5.38 Å². The van der Waals surface area contributed by atoms with Crippen LogP contribution < -0.4 is 4.90 Å². The molecule has 18 heavy (non-hydrogen) atoms. The second-order valence-electron chi connectivity index (χ2n) is 5.10. The molecule has 1 fully saturated rings. The summed E-state index contributed by atoms with van der Waals surface area (Å²) in [5.41, 5.74) is 0.794. The molecule has 4 nitrogen and oxygen atoms in total. The molecule has 0 aromatic carbocycles. The topological polar surface area (TPSA) is 39.6 Å². The van der Waals surface area contributed by atoms with Crippen molar-refractivity contribution < 1.29 is 5.11 Å². The molecule has 0 spiro atoms. The highest BCUT2D eigenvalue weighted by Crippen LogP contribution is 2.27. The SMILES string of the molecule is CCC1CN(C)CCCN1c1nc(C(C)O)cs1. The van der Waals surface area contributed by atoms with E-state index in [9.17, 15) is 5.11 Å². The summed E-state index contributed by atoms with van der Waals surface area (Å²) >= 11 is 1.65. The number of aliphatic hydroxyl groups excluding tert-OH is 1. The van der Waals surface area contributed by atoms with Crippen LogP contribution in [-0.2, 0) is 0 Å². The molecule has 2 heterocycles. The number of hydrogen-bond donors (Lipinski definition) is 1. The zero-order valence-corrected chi connectivity index (χ0v) is 12.3. The van der Waals surface area contributed by atoms with E-state index < -0.39 is 6.10 Å². The highest BCUT2D eigenvalue weighted by Gasteiger charge is 2.24. The fourth-order valence-corrected chi connectivity index (χ4v) is 3.45. The molecule has 0 amide bonds. The predicted molar refractivity (Wildman–Crippen MR) is 76.3 cm³/mol. The van der Waals surface area contributed by atoms with Gasteiger partial charge in [-0.2, -0.15) is 0 Å². The fraction of sp³-hybridized carbons (Fsp3) is 0.769. The molecular weight excluding hydrogens is 246 g/mol. The molecular formula is C13H23N3OS. The van der Waals surface area contributed by atoms with E-state index >= 15 is 0 Å². The van der Waals surface area contributed by atoms with Crippen LogP contribution in [0.25, 0.3) is 0 Å². The highest BCUT2D eigenvalue weighted by molar-refractivity contribution is 7.13. The number of rotatable bonds is 3. The van der Waals surface area contributed by atoms with E-state index in [0.717, 1.165) is 36.9 Å². The van der Waals surface area contributed by atoms with Crippen molar-refractivity contribution in [3.05, 3.63) is 11.1 Å². The Morgan fingerprint density at radius 3 is 2.94 bits per heavy atom. The van der Waals surface area contributed by atoms with Crippen molar-refractivity contribution in [1.29, 1.82) is 0 Å². The third-order valence-corrected chi connectivity index (χ3v) is 4.45. The molecule has 2 unspecified atom stereocenters.